The minimum absolute atomic E-state index is 0.0523. The molecule has 0 unspecified atom stereocenters. The van der Waals surface area contributed by atoms with Crippen LogP contribution in [-0.4, -0.2) is 88.5 Å². The Kier molecular flexibility index (Phi) is 11.0. The predicted octanol–water partition coefficient (Wildman–Crippen LogP) is 2.90. The van der Waals surface area contributed by atoms with E-state index in [4.69, 9.17) is 23.7 Å². The third-order valence-corrected chi connectivity index (χ3v) is 9.03. The van der Waals surface area contributed by atoms with Crippen LogP contribution in [0, 0.1) is 5.92 Å². The highest BCUT2D eigenvalue weighted by atomic mass is 32.2. The van der Waals surface area contributed by atoms with E-state index in [-0.39, 0.29) is 55.6 Å². The largest absolute Gasteiger partial charge is 0.497 e. The number of carbonyl (C=O) groups excluding carboxylic acids is 1. The summed E-state index contributed by atoms with van der Waals surface area (Å²) in [5, 5.41) is 14.2. The summed E-state index contributed by atoms with van der Waals surface area (Å²) < 4.78 is 56.4. The molecule has 0 aromatic heterocycles. The third kappa shape index (κ3) is 7.69. The SMILES string of the molecule is C=CCOc1cc(OC)ccc1S(=O)(=O)N(CC=C)C[C@@H](O)[C@H](Cc1ccccc1)NC(=O)O[C@H]1CO[C@H]2OCC[C@H]21. The zero-order valence-corrected chi connectivity index (χ0v) is 24.4. The lowest BCUT2D eigenvalue weighted by Crippen LogP contribution is -2.51. The van der Waals surface area contributed by atoms with E-state index in [1.807, 2.05) is 30.3 Å². The molecule has 0 bridgehead atoms. The summed E-state index contributed by atoms with van der Waals surface area (Å²) >= 11 is 0. The van der Waals surface area contributed by atoms with Gasteiger partial charge in [-0.3, -0.25) is 0 Å². The monoisotopic (exact) mass is 602 g/mol. The Labute approximate surface area is 246 Å². The number of fused-ring (bicyclic) bond motifs is 1. The van der Waals surface area contributed by atoms with Gasteiger partial charge in [-0.15, -0.1) is 6.58 Å². The van der Waals surface area contributed by atoms with Crippen LogP contribution in [-0.2, 0) is 30.7 Å². The van der Waals surface area contributed by atoms with E-state index in [1.54, 1.807) is 0 Å². The first-order valence-corrected chi connectivity index (χ1v) is 15.2. The molecule has 0 aliphatic carbocycles. The summed E-state index contributed by atoms with van der Waals surface area (Å²) in [7, 11) is -2.73. The van der Waals surface area contributed by atoms with Gasteiger partial charge in [-0.2, -0.15) is 4.31 Å². The van der Waals surface area contributed by atoms with E-state index in [1.165, 1.54) is 37.5 Å². The Morgan fingerprint density at radius 1 is 1.19 bits per heavy atom. The quantitative estimate of drug-likeness (QED) is 0.295. The van der Waals surface area contributed by atoms with Crippen molar-refractivity contribution in [2.75, 3.05) is 40.0 Å². The second kappa shape index (κ2) is 14.7. The molecular formula is C30H38N2O9S. The molecule has 2 saturated heterocycles. The van der Waals surface area contributed by atoms with Crippen molar-refractivity contribution in [3.63, 3.8) is 0 Å². The molecule has 2 aliphatic heterocycles. The maximum atomic E-state index is 13.9. The number of benzene rings is 2. The number of hydrogen-bond acceptors (Lipinski definition) is 9. The van der Waals surface area contributed by atoms with Gasteiger partial charge in [0.05, 0.1) is 38.4 Å². The van der Waals surface area contributed by atoms with Gasteiger partial charge < -0.3 is 34.1 Å². The van der Waals surface area contributed by atoms with Gasteiger partial charge in [0.15, 0.2) is 6.29 Å². The number of ether oxygens (including phenoxy) is 5. The van der Waals surface area contributed by atoms with Crippen LogP contribution in [0.25, 0.3) is 0 Å². The van der Waals surface area contributed by atoms with E-state index < -0.39 is 34.4 Å². The van der Waals surface area contributed by atoms with Crippen molar-refractivity contribution in [1.29, 1.82) is 0 Å². The zero-order valence-electron chi connectivity index (χ0n) is 23.6. The number of nitrogens with zero attached hydrogens (tertiary/aromatic N) is 1. The van der Waals surface area contributed by atoms with E-state index in [0.29, 0.717) is 12.4 Å². The molecule has 2 aromatic carbocycles. The van der Waals surface area contributed by atoms with Gasteiger partial charge in [-0.25, -0.2) is 13.2 Å². The van der Waals surface area contributed by atoms with Crippen molar-refractivity contribution >= 4 is 16.1 Å². The predicted molar refractivity (Wildman–Crippen MR) is 155 cm³/mol. The van der Waals surface area contributed by atoms with Crippen molar-refractivity contribution in [3.05, 3.63) is 79.4 Å². The average Bonchev–Trinajstić information content (AvgIpc) is 3.61. The topological polar surface area (TPSA) is 133 Å². The maximum Gasteiger partial charge on any atom is 0.407 e. The fraction of sp³-hybridized carbons (Fsp3) is 0.433. The highest BCUT2D eigenvalue weighted by Crippen LogP contribution is 2.33. The summed E-state index contributed by atoms with van der Waals surface area (Å²) in [5.74, 6) is 0.439. The summed E-state index contributed by atoms with van der Waals surface area (Å²) in [6.45, 7) is 7.70. The number of amides is 1. The standard InChI is InChI=1S/C30H38N2O9S/c1-4-14-32(42(35,36)28-12-11-22(37-3)18-26(28)38-15-5-2)19-25(33)24(17-21-9-7-6-8-10-21)31-30(34)41-27-20-40-29-23(27)13-16-39-29/h4-12,18,23-25,27,29,33H,1-2,13-17,19-20H2,3H3,(H,31,34)/t23-,24-,25+,27-,29+/m0/s1. The van der Waals surface area contributed by atoms with Crippen LogP contribution in [0.2, 0.25) is 0 Å². The lowest BCUT2D eigenvalue weighted by Gasteiger charge is -2.30. The molecule has 2 aromatic rings. The second-order valence-electron chi connectivity index (χ2n) is 10.00. The molecule has 5 atom stereocenters. The number of hydrogen-bond donors (Lipinski definition) is 2. The molecule has 4 rings (SSSR count). The molecule has 12 heteroatoms. The highest BCUT2D eigenvalue weighted by Gasteiger charge is 2.44. The van der Waals surface area contributed by atoms with Crippen LogP contribution in [0.5, 0.6) is 11.5 Å². The first-order valence-electron chi connectivity index (χ1n) is 13.7. The van der Waals surface area contributed by atoms with Gasteiger partial charge in [-0.1, -0.05) is 49.1 Å². The van der Waals surface area contributed by atoms with Crippen LogP contribution in [0.3, 0.4) is 0 Å². The first kappa shape index (κ1) is 31.5. The molecule has 2 heterocycles. The van der Waals surface area contributed by atoms with Gasteiger partial charge in [0, 0.05) is 19.2 Å². The number of rotatable bonds is 15. The Hall–Kier alpha value is -3.42. The number of sulfonamides is 1. The molecule has 1 amide bonds. The van der Waals surface area contributed by atoms with E-state index in [9.17, 15) is 18.3 Å². The minimum Gasteiger partial charge on any atom is -0.497 e. The fourth-order valence-electron chi connectivity index (χ4n) is 5.00. The Bertz CT molecular complexity index is 1320. The summed E-state index contributed by atoms with van der Waals surface area (Å²) in [6.07, 6.45) is 0.959. The highest BCUT2D eigenvalue weighted by molar-refractivity contribution is 7.89. The lowest BCUT2D eigenvalue weighted by atomic mass is 10.0. The van der Waals surface area contributed by atoms with Gasteiger partial charge in [0.25, 0.3) is 0 Å². The maximum absolute atomic E-state index is 13.9. The Morgan fingerprint density at radius 2 is 1.98 bits per heavy atom. The van der Waals surface area contributed by atoms with Crippen molar-refractivity contribution in [3.8, 4) is 11.5 Å². The molecule has 2 aliphatic rings. The van der Waals surface area contributed by atoms with Crippen molar-refractivity contribution < 1.29 is 42.0 Å². The zero-order chi connectivity index (χ0) is 30.1. The van der Waals surface area contributed by atoms with Gasteiger partial charge in [0.1, 0.15) is 29.1 Å². The number of carbonyl (C=O) groups is 1. The number of aliphatic hydroxyl groups excluding tert-OH is 1. The van der Waals surface area contributed by atoms with E-state index >= 15 is 0 Å². The van der Waals surface area contributed by atoms with Crippen molar-refractivity contribution in [2.24, 2.45) is 5.92 Å². The Morgan fingerprint density at radius 3 is 2.69 bits per heavy atom. The molecule has 11 nitrogen and oxygen atoms in total. The van der Waals surface area contributed by atoms with E-state index in [2.05, 4.69) is 18.5 Å². The van der Waals surface area contributed by atoms with Gasteiger partial charge >= 0.3 is 6.09 Å². The molecule has 2 N–H and O–H groups in total. The molecular weight excluding hydrogens is 564 g/mol. The molecule has 0 radical (unpaired) electrons. The Balaban J connectivity index is 1.54. The summed E-state index contributed by atoms with van der Waals surface area (Å²) in [6, 6.07) is 12.7. The second-order valence-corrected chi connectivity index (χ2v) is 11.9. The van der Waals surface area contributed by atoms with Crippen LogP contribution < -0.4 is 14.8 Å². The summed E-state index contributed by atoms with van der Waals surface area (Å²) in [5.41, 5.74) is 0.837. The normalized spacial score (nSPS) is 21.3. The van der Waals surface area contributed by atoms with Gasteiger partial charge in [-0.05, 0) is 30.5 Å². The van der Waals surface area contributed by atoms with Crippen LogP contribution >= 0.6 is 0 Å². The van der Waals surface area contributed by atoms with Crippen LogP contribution in [0.4, 0.5) is 4.79 Å². The molecule has 0 spiro atoms. The number of nitrogens with one attached hydrogen (secondary N) is 1. The van der Waals surface area contributed by atoms with Gasteiger partial charge in [0.2, 0.25) is 10.0 Å². The average molecular weight is 603 g/mol. The third-order valence-electron chi connectivity index (χ3n) is 7.16. The number of alkyl carbamates (subject to hydrolysis) is 1. The molecule has 42 heavy (non-hydrogen) atoms. The lowest BCUT2D eigenvalue weighted by molar-refractivity contribution is -0.0907. The minimum atomic E-state index is -4.19. The van der Waals surface area contributed by atoms with Crippen LogP contribution in [0.1, 0.15) is 12.0 Å². The summed E-state index contributed by atoms with van der Waals surface area (Å²) in [4.78, 5) is 12.9. The smallest absolute Gasteiger partial charge is 0.407 e. The molecule has 228 valence electrons. The number of aliphatic hydroxyl groups is 1. The fourth-order valence-corrected chi connectivity index (χ4v) is 6.54. The van der Waals surface area contributed by atoms with Crippen molar-refractivity contribution in [2.45, 2.75) is 42.3 Å². The number of methoxy groups -OCH3 is 1. The molecule has 2 fully saturated rings. The molecule has 0 saturated carbocycles. The van der Waals surface area contributed by atoms with Crippen LogP contribution in [0.15, 0.2) is 78.7 Å². The first-order chi connectivity index (χ1) is 20.3. The van der Waals surface area contributed by atoms with Crippen molar-refractivity contribution in [1.82, 2.24) is 9.62 Å². The van der Waals surface area contributed by atoms with E-state index in [0.717, 1.165) is 16.3 Å².